The van der Waals surface area contributed by atoms with Crippen molar-refractivity contribution in [2.24, 2.45) is 11.8 Å². The second-order valence-corrected chi connectivity index (χ2v) is 18.2. The average molecular weight is 793 g/mol. The largest absolute Gasteiger partial charge is 0.354 e. The van der Waals surface area contributed by atoms with Crippen LogP contribution >= 0.6 is 21.6 Å². The van der Waals surface area contributed by atoms with E-state index >= 15 is 0 Å². The molecule has 0 radical (unpaired) electrons. The Kier molecular flexibility index (Phi) is 12.8. The van der Waals surface area contributed by atoms with Crippen LogP contribution in [0.4, 0.5) is 0 Å². The Labute approximate surface area is 338 Å². The lowest BCUT2D eigenvalue weighted by Gasteiger charge is -2.52. The van der Waals surface area contributed by atoms with E-state index in [0.29, 0.717) is 23.0 Å². The molecule has 2 amide bonds. The maximum Gasteiger partial charge on any atom is 0.251 e. The van der Waals surface area contributed by atoms with Crippen molar-refractivity contribution in [1.29, 1.82) is 0 Å². The SMILES string of the molecule is CO[C@H]1O[C@H]2CC[C@@H](c3ccccc3)C[C@H]2[C@@H](SS[C@H]2[C@H]3C[C@@H](c4ccccc4)CC[C@H]3O[C@@H](OC)[C@@H]2NC(=O)c2ccccc2)[C@H]1NC(=O)c1ccccc1. The lowest BCUT2D eigenvalue weighted by Crippen LogP contribution is -2.62. The van der Waals surface area contributed by atoms with E-state index in [1.54, 1.807) is 14.2 Å². The van der Waals surface area contributed by atoms with E-state index in [9.17, 15) is 9.59 Å². The third-order valence-corrected chi connectivity index (χ3v) is 15.9. The third kappa shape index (κ3) is 8.61. The zero-order valence-electron chi connectivity index (χ0n) is 32.0. The van der Waals surface area contributed by atoms with Gasteiger partial charge in [-0.1, -0.05) is 119 Å². The van der Waals surface area contributed by atoms with Gasteiger partial charge in [0, 0.05) is 47.7 Å². The van der Waals surface area contributed by atoms with Gasteiger partial charge in [-0.2, -0.15) is 0 Å². The zero-order chi connectivity index (χ0) is 38.4. The highest BCUT2D eigenvalue weighted by molar-refractivity contribution is 8.77. The predicted molar refractivity (Wildman–Crippen MR) is 223 cm³/mol. The quantitative estimate of drug-likeness (QED) is 0.146. The molecule has 4 fully saturated rings. The predicted octanol–water partition coefficient (Wildman–Crippen LogP) is 8.61. The summed E-state index contributed by atoms with van der Waals surface area (Å²) < 4.78 is 25.6. The molecule has 8 rings (SSSR count). The van der Waals surface area contributed by atoms with Gasteiger partial charge in [-0.05, 0) is 85.8 Å². The first kappa shape index (κ1) is 39.2. The van der Waals surface area contributed by atoms with Crippen molar-refractivity contribution in [2.75, 3.05) is 14.2 Å². The van der Waals surface area contributed by atoms with Gasteiger partial charge in [-0.3, -0.25) is 9.59 Å². The Morgan fingerprint density at radius 1 is 0.536 bits per heavy atom. The van der Waals surface area contributed by atoms with E-state index in [2.05, 4.69) is 71.3 Å². The minimum Gasteiger partial charge on any atom is -0.354 e. The summed E-state index contributed by atoms with van der Waals surface area (Å²) >= 11 is 0. The number of benzene rings is 4. The fourth-order valence-corrected chi connectivity index (χ4v) is 13.6. The van der Waals surface area contributed by atoms with Gasteiger partial charge in [0.1, 0.15) is 0 Å². The summed E-state index contributed by atoms with van der Waals surface area (Å²) in [6.45, 7) is 0. The number of ether oxygens (including phenoxy) is 4. The maximum absolute atomic E-state index is 13.9. The fourth-order valence-electron chi connectivity index (χ4n) is 9.54. The second-order valence-electron chi connectivity index (χ2n) is 15.6. The van der Waals surface area contributed by atoms with Crippen LogP contribution in [-0.2, 0) is 18.9 Å². The third-order valence-electron chi connectivity index (χ3n) is 12.4. The number of rotatable bonds is 11. The Hall–Kier alpha value is -3.64. The van der Waals surface area contributed by atoms with Gasteiger partial charge < -0.3 is 29.6 Å². The molecule has 294 valence electrons. The van der Waals surface area contributed by atoms with Crippen LogP contribution in [0.25, 0.3) is 0 Å². The second kappa shape index (κ2) is 18.3. The van der Waals surface area contributed by atoms with Gasteiger partial charge in [0.2, 0.25) is 0 Å². The molecule has 0 aromatic heterocycles. The van der Waals surface area contributed by atoms with Gasteiger partial charge in [0.05, 0.1) is 24.3 Å². The van der Waals surface area contributed by atoms with Gasteiger partial charge in [0.25, 0.3) is 11.8 Å². The molecule has 0 bridgehead atoms. The summed E-state index contributed by atoms with van der Waals surface area (Å²) in [5.41, 5.74) is 3.88. The van der Waals surface area contributed by atoms with E-state index in [1.807, 2.05) is 82.3 Å². The highest BCUT2D eigenvalue weighted by atomic mass is 33.1. The van der Waals surface area contributed by atoms with Crippen LogP contribution in [-0.4, -0.2) is 73.4 Å². The number of hydrogen-bond acceptors (Lipinski definition) is 8. The van der Waals surface area contributed by atoms with Crippen LogP contribution in [0, 0.1) is 11.8 Å². The Morgan fingerprint density at radius 2 is 0.893 bits per heavy atom. The lowest BCUT2D eigenvalue weighted by molar-refractivity contribution is -0.216. The molecule has 8 nitrogen and oxygen atoms in total. The number of amides is 2. The van der Waals surface area contributed by atoms with Crippen molar-refractivity contribution in [2.45, 2.75) is 97.7 Å². The van der Waals surface area contributed by atoms with Crippen molar-refractivity contribution < 1.29 is 28.5 Å². The molecule has 10 heteroatoms. The van der Waals surface area contributed by atoms with Gasteiger partial charge in [-0.15, -0.1) is 0 Å². The molecule has 2 N–H and O–H groups in total. The summed E-state index contributed by atoms with van der Waals surface area (Å²) in [5, 5.41) is 6.67. The van der Waals surface area contributed by atoms with Crippen LogP contribution < -0.4 is 10.6 Å². The molecule has 2 saturated carbocycles. The summed E-state index contributed by atoms with van der Waals surface area (Å²) in [4.78, 5) is 27.8. The Balaban J connectivity index is 1.13. The van der Waals surface area contributed by atoms with E-state index in [0.717, 1.165) is 38.5 Å². The smallest absolute Gasteiger partial charge is 0.251 e. The topological polar surface area (TPSA) is 95.1 Å². The van der Waals surface area contributed by atoms with Crippen molar-refractivity contribution in [3.05, 3.63) is 144 Å². The van der Waals surface area contributed by atoms with E-state index in [-0.39, 0.29) is 46.4 Å². The molecule has 4 aliphatic rings. The van der Waals surface area contributed by atoms with Crippen LogP contribution in [0.3, 0.4) is 0 Å². The molecule has 2 heterocycles. The number of methoxy groups -OCH3 is 2. The molecule has 4 aromatic carbocycles. The van der Waals surface area contributed by atoms with Crippen LogP contribution in [0.1, 0.15) is 82.2 Å². The summed E-state index contributed by atoms with van der Waals surface area (Å²) in [5.74, 6) is 0.755. The minimum atomic E-state index is -0.616. The molecule has 2 aliphatic heterocycles. The molecule has 0 spiro atoms. The van der Waals surface area contributed by atoms with Crippen LogP contribution in [0.2, 0.25) is 0 Å². The molecular weight excluding hydrogens is 741 g/mol. The number of carbonyl (C=O) groups excluding carboxylic acids is 2. The molecular formula is C46H52N2O6S2. The average Bonchev–Trinajstić information content (AvgIpc) is 3.26. The molecule has 4 aromatic rings. The van der Waals surface area contributed by atoms with E-state index in [1.165, 1.54) is 11.1 Å². The van der Waals surface area contributed by atoms with Crippen molar-refractivity contribution in [3.8, 4) is 0 Å². The Morgan fingerprint density at radius 3 is 1.25 bits per heavy atom. The van der Waals surface area contributed by atoms with Crippen molar-refractivity contribution >= 4 is 33.4 Å². The van der Waals surface area contributed by atoms with Crippen molar-refractivity contribution in [1.82, 2.24) is 10.6 Å². The molecule has 2 saturated heterocycles. The summed E-state index contributed by atoms with van der Waals surface area (Å²) in [6, 6.07) is 39.4. The molecule has 12 atom stereocenters. The highest BCUT2D eigenvalue weighted by Gasteiger charge is 2.53. The summed E-state index contributed by atoms with van der Waals surface area (Å²) in [7, 11) is 6.99. The number of hydrogen-bond donors (Lipinski definition) is 2. The van der Waals surface area contributed by atoms with E-state index in [4.69, 9.17) is 18.9 Å². The van der Waals surface area contributed by atoms with Crippen LogP contribution in [0.5, 0.6) is 0 Å². The highest BCUT2D eigenvalue weighted by Crippen LogP contribution is 2.54. The van der Waals surface area contributed by atoms with Gasteiger partial charge in [0.15, 0.2) is 12.6 Å². The molecule has 56 heavy (non-hydrogen) atoms. The molecule has 2 aliphatic carbocycles. The van der Waals surface area contributed by atoms with E-state index < -0.39 is 24.7 Å². The minimum absolute atomic E-state index is 0.0113. The van der Waals surface area contributed by atoms with Gasteiger partial charge >= 0.3 is 0 Å². The monoisotopic (exact) mass is 792 g/mol. The normalized spacial score (nSPS) is 32.7. The van der Waals surface area contributed by atoms with Crippen molar-refractivity contribution in [3.63, 3.8) is 0 Å². The van der Waals surface area contributed by atoms with Gasteiger partial charge in [-0.25, -0.2) is 0 Å². The molecule has 0 unspecified atom stereocenters. The lowest BCUT2D eigenvalue weighted by atomic mass is 9.72. The number of fused-ring (bicyclic) bond motifs is 2. The standard InChI is InChI=1S/C46H52N2O6S2/c1-51-45-39(47-43(49)31-19-11-5-12-20-31)41(35-27-33(23-25-37(35)53-45)29-15-7-3-8-16-29)55-56-42-36-28-34(30-17-9-4-10-18-30)24-26-38(36)54-46(52-2)40(42)48-44(50)32-21-13-6-14-22-32/h3-22,33-42,45-46H,23-28H2,1-2H3,(H,47,49)(H,48,50)/t33-,34+,35-,36+,37+,38-,39-,40-,41-,42+,45+,46-/m1/s1. The summed E-state index contributed by atoms with van der Waals surface area (Å²) in [6.07, 6.45) is 4.50. The number of nitrogens with one attached hydrogen (secondary N) is 2. The number of carbonyl (C=O) groups is 2. The first-order chi connectivity index (χ1) is 27.5. The first-order valence-electron chi connectivity index (χ1n) is 20.0. The van der Waals surface area contributed by atoms with Crippen LogP contribution in [0.15, 0.2) is 121 Å². The maximum atomic E-state index is 13.9. The first-order valence-corrected chi connectivity index (χ1v) is 22.3. The fraction of sp³-hybridized carbons (Fsp3) is 0.435. The zero-order valence-corrected chi connectivity index (χ0v) is 33.6. The Bertz CT molecular complexity index is 1740.